The summed E-state index contributed by atoms with van der Waals surface area (Å²) >= 11 is 0. The van der Waals surface area contributed by atoms with Crippen molar-refractivity contribution in [2.75, 3.05) is 13.2 Å². The summed E-state index contributed by atoms with van der Waals surface area (Å²) in [5.74, 6) is -0.441. The van der Waals surface area contributed by atoms with Crippen molar-refractivity contribution in [1.29, 1.82) is 0 Å². The zero-order valence-electron chi connectivity index (χ0n) is 9.88. The predicted molar refractivity (Wildman–Crippen MR) is 63.6 cm³/mol. The van der Waals surface area contributed by atoms with E-state index in [-0.39, 0.29) is 18.3 Å². The first-order valence-corrected chi connectivity index (χ1v) is 5.89. The number of aliphatic hydroxyl groups excluding tert-OH is 1. The summed E-state index contributed by atoms with van der Waals surface area (Å²) in [6, 6.07) is 3.58. The summed E-state index contributed by atoms with van der Waals surface area (Å²) in [6.45, 7) is 1.13. The van der Waals surface area contributed by atoms with E-state index in [2.05, 4.69) is 0 Å². The summed E-state index contributed by atoms with van der Waals surface area (Å²) in [6.07, 6.45) is 1.84. The monoisotopic (exact) mass is 254 g/mol. The number of benzene rings is 1. The molecule has 6 heteroatoms. The number of nitrogens with zero attached hydrogens (tertiary/aromatic N) is 2. The Kier molecular flexibility index (Phi) is 3.88. The maximum atomic E-state index is 13.6. The van der Waals surface area contributed by atoms with E-state index in [0.29, 0.717) is 12.1 Å². The van der Waals surface area contributed by atoms with Crippen LogP contribution >= 0.6 is 0 Å². The van der Waals surface area contributed by atoms with Crippen LogP contribution in [0.2, 0.25) is 0 Å². The Morgan fingerprint density at radius 3 is 3.00 bits per heavy atom. The molecular weight excluding hydrogens is 239 g/mol. The molecule has 0 aliphatic carbocycles. The molecule has 98 valence electrons. The second kappa shape index (κ2) is 5.41. The number of rotatable bonds is 4. The first-order chi connectivity index (χ1) is 8.61. The molecule has 1 aromatic rings. The average molecular weight is 254 g/mol. The van der Waals surface area contributed by atoms with Crippen molar-refractivity contribution in [3.05, 3.63) is 39.7 Å². The lowest BCUT2D eigenvalue weighted by Crippen LogP contribution is -2.31. The predicted octanol–water partition coefficient (Wildman–Crippen LogP) is 1.69. The lowest BCUT2D eigenvalue weighted by atomic mass is 10.1. The van der Waals surface area contributed by atoms with Crippen LogP contribution in [0.15, 0.2) is 18.2 Å². The van der Waals surface area contributed by atoms with Crippen LogP contribution in [-0.4, -0.2) is 34.1 Å². The number of nitro benzene ring substituents is 1. The molecular formula is C12H15FN2O3. The van der Waals surface area contributed by atoms with Gasteiger partial charge in [0.05, 0.1) is 11.5 Å². The van der Waals surface area contributed by atoms with Gasteiger partial charge in [-0.1, -0.05) is 0 Å². The molecule has 0 radical (unpaired) electrons. The third-order valence-electron chi connectivity index (χ3n) is 3.32. The molecule has 1 aliphatic heterocycles. The molecule has 1 N–H and O–H groups in total. The Bertz CT molecular complexity index is 453. The first-order valence-electron chi connectivity index (χ1n) is 5.89. The van der Waals surface area contributed by atoms with Crippen LogP contribution in [0.3, 0.4) is 0 Å². The molecule has 1 atom stereocenters. The largest absolute Gasteiger partial charge is 0.395 e. The van der Waals surface area contributed by atoms with Crippen LogP contribution in [0.5, 0.6) is 0 Å². The Morgan fingerprint density at radius 1 is 1.56 bits per heavy atom. The Morgan fingerprint density at radius 2 is 2.33 bits per heavy atom. The molecule has 1 aliphatic rings. The normalized spacial score (nSPS) is 20.2. The zero-order chi connectivity index (χ0) is 13.1. The smallest absolute Gasteiger partial charge is 0.269 e. The molecule has 18 heavy (non-hydrogen) atoms. The van der Waals surface area contributed by atoms with Gasteiger partial charge in [-0.2, -0.15) is 0 Å². The van der Waals surface area contributed by atoms with Gasteiger partial charge in [-0.05, 0) is 25.5 Å². The minimum Gasteiger partial charge on any atom is -0.395 e. The van der Waals surface area contributed by atoms with E-state index in [0.717, 1.165) is 31.5 Å². The van der Waals surface area contributed by atoms with Gasteiger partial charge in [0.2, 0.25) is 0 Å². The van der Waals surface area contributed by atoms with E-state index >= 15 is 0 Å². The van der Waals surface area contributed by atoms with Crippen LogP contribution < -0.4 is 0 Å². The highest BCUT2D eigenvalue weighted by Crippen LogP contribution is 2.23. The SMILES string of the molecule is O=[N+]([O-])c1ccc(F)c(CN2CCCC2CO)c1. The topological polar surface area (TPSA) is 66.6 Å². The van der Waals surface area contributed by atoms with Crippen molar-refractivity contribution in [3.8, 4) is 0 Å². The number of halogens is 1. The van der Waals surface area contributed by atoms with E-state index in [1.165, 1.54) is 6.07 Å². The van der Waals surface area contributed by atoms with Crippen LogP contribution in [0, 0.1) is 15.9 Å². The number of hydrogen-bond acceptors (Lipinski definition) is 4. The van der Waals surface area contributed by atoms with E-state index in [1.807, 2.05) is 4.90 Å². The number of hydrogen-bond donors (Lipinski definition) is 1. The first kappa shape index (κ1) is 12.9. The van der Waals surface area contributed by atoms with Crippen molar-refractivity contribution in [2.24, 2.45) is 0 Å². The molecule has 1 unspecified atom stereocenters. The highest BCUT2D eigenvalue weighted by Gasteiger charge is 2.25. The number of non-ortho nitro benzene ring substituents is 1. The summed E-state index contributed by atoms with van der Waals surface area (Å²) in [5, 5.41) is 19.8. The highest BCUT2D eigenvalue weighted by atomic mass is 19.1. The highest BCUT2D eigenvalue weighted by molar-refractivity contribution is 5.35. The molecule has 1 aromatic carbocycles. The number of likely N-dealkylation sites (tertiary alicyclic amines) is 1. The zero-order valence-corrected chi connectivity index (χ0v) is 9.88. The van der Waals surface area contributed by atoms with E-state index in [9.17, 15) is 19.6 Å². The molecule has 2 rings (SSSR count). The van der Waals surface area contributed by atoms with Gasteiger partial charge in [0.15, 0.2) is 0 Å². The standard InChI is InChI=1S/C12H15FN2O3/c13-12-4-3-10(15(17)18)6-9(12)7-14-5-1-2-11(14)8-16/h3-4,6,11,16H,1-2,5,7-8H2. The Labute approximate surface area is 104 Å². The van der Waals surface area contributed by atoms with E-state index in [1.54, 1.807) is 0 Å². The summed E-state index contributed by atoms with van der Waals surface area (Å²) < 4.78 is 13.6. The van der Waals surface area contributed by atoms with Gasteiger partial charge in [-0.25, -0.2) is 4.39 Å². The second-order valence-corrected chi connectivity index (χ2v) is 4.48. The fraction of sp³-hybridized carbons (Fsp3) is 0.500. The summed E-state index contributed by atoms with van der Waals surface area (Å²) in [7, 11) is 0. The van der Waals surface area contributed by atoms with Crippen molar-refractivity contribution < 1.29 is 14.4 Å². The maximum Gasteiger partial charge on any atom is 0.269 e. The van der Waals surface area contributed by atoms with Crippen molar-refractivity contribution in [2.45, 2.75) is 25.4 Å². The summed E-state index contributed by atoms with van der Waals surface area (Å²) in [5.41, 5.74) is 0.204. The minimum atomic E-state index is -0.531. The molecule has 0 bridgehead atoms. The fourth-order valence-corrected chi connectivity index (χ4v) is 2.32. The van der Waals surface area contributed by atoms with Gasteiger partial charge in [-0.3, -0.25) is 15.0 Å². The maximum absolute atomic E-state index is 13.6. The van der Waals surface area contributed by atoms with E-state index in [4.69, 9.17) is 0 Å². The number of nitro groups is 1. The summed E-state index contributed by atoms with van der Waals surface area (Å²) in [4.78, 5) is 12.1. The lowest BCUT2D eigenvalue weighted by Gasteiger charge is -2.22. The molecule has 0 aromatic heterocycles. The molecule has 1 saturated heterocycles. The van der Waals surface area contributed by atoms with Crippen LogP contribution in [0.4, 0.5) is 10.1 Å². The molecule has 1 fully saturated rings. The molecule has 0 saturated carbocycles. The molecule has 5 nitrogen and oxygen atoms in total. The average Bonchev–Trinajstić information content (AvgIpc) is 2.79. The van der Waals surface area contributed by atoms with E-state index < -0.39 is 10.7 Å². The van der Waals surface area contributed by atoms with Crippen LogP contribution in [-0.2, 0) is 6.54 Å². The third-order valence-corrected chi connectivity index (χ3v) is 3.32. The van der Waals surface area contributed by atoms with Crippen LogP contribution in [0.1, 0.15) is 18.4 Å². The Hall–Kier alpha value is -1.53. The van der Waals surface area contributed by atoms with Gasteiger partial charge in [0.1, 0.15) is 5.82 Å². The van der Waals surface area contributed by atoms with Crippen LogP contribution in [0.25, 0.3) is 0 Å². The van der Waals surface area contributed by atoms with Gasteiger partial charge >= 0.3 is 0 Å². The van der Waals surface area contributed by atoms with Gasteiger partial charge in [0.25, 0.3) is 5.69 Å². The van der Waals surface area contributed by atoms with Crippen molar-refractivity contribution >= 4 is 5.69 Å². The Balaban J connectivity index is 2.17. The third kappa shape index (κ3) is 2.65. The molecule has 1 heterocycles. The van der Waals surface area contributed by atoms with Gasteiger partial charge in [0, 0.05) is 30.3 Å². The van der Waals surface area contributed by atoms with Gasteiger partial charge in [-0.15, -0.1) is 0 Å². The lowest BCUT2D eigenvalue weighted by molar-refractivity contribution is -0.385. The fourth-order valence-electron chi connectivity index (χ4n) is 2.32. The molecule has 0 spiro atoms. The minimum absolute atomic E-state index is 0.0312. The quantitative estimate of drug-likeness (QED) is 0.656. The number of aliphatic hydroxyl groups is 1. The molecule has 0 amide bonds. The van der Waals surface area contributed by atoms with Gasteiger partial charge < -0.3 is 5.11 Å². The van der Waals surface area contributed by atoms with Crippen molar-refractivity contribution in [1.82, 2.24) is 4.90 Å². The van der Waals surface area contributed by atoms with Crippen molar-refractivity contribution in [3.63, 3.8) is 0 Å². The second-order valence-electron chi connectivity index (χ2n) is 4.48.